The van der Waals surface area contributed by atoms with E-state index in [0.29, 0.717) is 12.3 Å². The van der Waals surface area contributed by atoms with Crippen molar-refractivity contribution in [3.05, 3.63) is 40.5 Å². The quantitative estimate of drug-likeness (QED) is 0.819. The Bertz CT molecular complexity index is 578. The highest BCUT2D eigenvalue weighted by molar-refractivity contribution is 9.10. The third kappa shape index (κ3) is 2.61. The molecule has 94 valence electrons. The predicted molar refractivity (Wildman–Crippen MR) is 72.3 cm³/mol. The van der Waals surface area contributed by atoms with Gasteiger partial charge in [-0.15, -0.1) is 0 Å². The number of nitrogens with zero attached hydrogens (tertiary/aromatic N) is 2. The van der Waals surface area contributed by atoms with Crippen molar-refractivity contribution in [1.82, 2.24) is 9.78 Å². The topological polar surface area (TPSA) is 44.1 Å². The van der Waals surface area contributed by atoms with Crippen molar-refractivity contribution < 1.29 is 9.53 Å². The van der Waals surface area contributed by atoms with Crippen LogP contribution in [0.25, 0.3) is 11.3 Å². The third-order valence-corrected chi connectivity index (χ3v) is 2.98. The van der Waals surface area contributed by atoms with E-state index in [-0.39, 0.29) is 5.97 Å². The zero-order chi connectivity index (χ0) is 13.1. The largest absolute Gasteiger partial charge is 0.461 e. The lowest BCUT2D eigenvalue weighted by molar-refractivity contribution is 0.0513. The minimum absolute atomic E-state index is 0.353. The number of aryl methyl sites for hydroxylation is 1. The van der Waals surface area contributed by atoms with Crippen LogP contribution in [0.2, 0.25) is 0 Å². The molecule has 0 amide bonds. The second kappa shape index (κ2) is 5.35. The molecule has 18 heavy (non-hydrogen) atoms. The van der Waals surface area contributed by atoms with Gasteiger partial charge in [-0.25, -0.2) is 4.79 Å². The van der Waals surface area contributed by atoms with Crippen molar-refractivity contribution in [3.8, 4) is 11.3 Å². The van der Waals surface area contributed by atoms with Gasteiger partial charge >= 0.3 is 5.97 Å². The van der Waals surface area contributed by atoms with E-state index in [0.717, 1.165) is 15.7 Å². The summed E-state index contributed by atoms with van der Waals surface area (Å²) in [6, 6.07) is 9.51. The van der Waals surface area contributed by atoms with Crippen LogP contribution in [0.15, 0.2) is 34.8 Å². The van der Waals surface area contributed by atoms with Gasteiger partial charge in [-0.3, -0.25) is 4.68 Å². The molecule has 0 saturated heterocycles. The average Bonchev–Trinajstić information content (AvgIpc) is 2.72. The Hall–Kier alpha value is -1.62. The first-order chi connectivity index (χ1) is 8.61. The molecule has 2 rings (SSSR count). The van der Waals surface area contributed by atoms with Crippen LogP contribution in [0.4, 0.5) is 0 Å². The van der Waals surface area contributed by atoms with E-state index in [9.17, 15) is 4.79 Å². The highest BCUT2D eigenvalue weighted by Gasteiger charge is 2.15. The summed E-state index contributed by atoms with van der Waals surface area (Å²) in [6.07, 6.45) is 0. The maximum absolute atomic E-state index is 11.7. The van der Waals surface area contributed by atoms with Gasteiger partial charge in [0.05, 0.1) is 12.3 Å². The fourth-order valence-electron chi connectivity index (χ4n) is 1.65. The molecule has 1 aromatic heterocycles. The normalized spacial score (nSPS) is 10.4. The first-order valence-electron chi connectivity index (χ1n) is 5.59. The van der Waals surface area contributed by atoms with Crippen molar-refractivity contribution in [3.63, 3.8) is 0 Å². The summed E-state index contributed by atoms with van der Waals surface area (Å²) in [7, 11) is 1.73. The Morgan fingerprint density at radius 2 is 2.22 bits per heavy atom. The molecule has 4 nitrogen and oxygen atoms in total. The van der Waals surface area contributed by atoms with Crippen molar-refractivity contribution in [2.75, 3.05) is 6.61 Å². The highest BCUT2D eigenvalue weighted by atomic mass is 79.9. The third-order valence-electron chi connectivity index (χ3n) is 2.48. The summed E-state index contributed by atoms with van der Waals surface area (Å²) >= 11 is 3.41. The van der Waals surface area contributed by atoms with Gasteiger partial charge in [0.2, 0.25) is 0 Å². The van der Waals surface area contributed by atoms with Crippen LogP contribution < -0.4 is 0 Å². The molecule has 0 saturated carbocycles. The Balaban J connectivity index is 2.37. The standard InChI is InChI=1S/C13H13BrN2O2/c1-3-18-13(17)12-8-11(15-16(12)2)9-5-4-6-10(14)7-9/h4-8H,3H2,1-2H3. The lowest BCUT2D eigenvalue weighted by atomic mass is 10.1. The summed E-state index contributed by atoms with van der Waals surface area (Å²) in [4.78, 5) is 11.7. The van der Waals surface area contributed by atoms with Crippen molar-refractivity contribution in [2.45, 2.75) is 6.92 Å². The minimum Gasteiger partial charge on any atom is -0.461 e. The van der Waals surface area contributed by atoms with Gasteiger partial charge < -0.3 is 4.74 Å². The fraction of sp³-hybridized carbons (Fsp3) is 0.231. The van der Waals surface area contributed by atoms with Crippen molar-refractivity contribution in [1.29, 1.82) is 0 Å². The summed E-state index contributed by atoms with van der Waals surface area (Å²) in [5, 5.41) is 4.32. The van der Waals surface area contributed by atoms with Crippen molar-refractivity contribution in [2.24, 2.45) is 7.05 Å². The molecule has 0 atom stereocenters. The number of carbonyl (C=O) groups is 1. The van der Waals surface area contributed by atoms with Crippen LogP contribution >= 0.6 is 15.9 Å². The van der Waals surface area contributed by atoms with Gasteiger partial charge in [-0.05, 0) is 25.1 Å². The monoisotopic (exact) mass is 308 g/mol. The summed E-state index contributed by atoms with van der Waals surface area (Å²) in [5.41, 5.74) is 2.16. The van der Waals surface area contributed by atoms with Crippen LogP contribution in [-0.2, 0) is 11.8 Å². The van der Waals surface area contributed by atoms with Crippen LogP contribution in [0.3, 0.4) is 0 Å². The van der Waals surface area contributed by atoms with E-state index < -0.39 is 0 Å². The zero-order valence-corrected chi connectivity index (χ0v) is 11.8. The molecule has 0 aliphatic heterocycles. The predicted octanol–water partition coefficient (Wildman–Crippen LogP) is 3.03. The van der Waals surface area contributed by atoms with Gasteiger partial charge in [0.1, 0.15) is 5.69 Å². The molecule has 0 bridgehead atoms. The molecule has 0 fully saturated rings. The fourth-order valence-corrected chi connectivity index (χ4v) is 2.05. The number of hydrogen-bond donors (Lipinski definition) is 0. The van der Waals surface area contributed by atoms with E-state index in [1.165, 1.54) is 4.68 Å². The minimum atomic E-state index is -0.353. The van der Waals surface area contributed by atoms with E-state index in [2.05, 4.69) is 21.0 Å². The maximum atomic E-state index is 11.7. The van der Waals surface area contributed by atoms with Gasteiger partial charge in [-0.1, -0.05) is 28.1 Å². The molecule has 0 N–H and O–H groups in total. The van der Waals surface area contributed by atoms with Crippen LogP contribution in [0.5, 0.6) is 0 Å². The second-order valence-electron chi connectivity index (χ2n) is 3.77. The Kier molecular flexibility index (Phi) is 3.81. The van der Waals surface area contributed by atoms with Crippen LogP contribution in [-0.4, -0.2) is 22.4 Å². The molecule has 0 spiro atoms. The number of ether oxygens (including phenoxy) is 1. The molecule has 0 radical (unpaired) electrons. The smallest absolute Gasteiger partial charge is 0.356 e. The van der Waals surface area contributed by atoms with E-state index in [1.807, 2.05) is 24.3 Å². The highest BCUT2D eigenvalue weighted by Crippen LogP contribution is 2.22. The first-order valence-corrected chi connectivity index (χ1v) is 6.38. The number of benzene rings is 1. The molecule has 0 aliphatic rings. The molecular weight excluding hydrogens is 296 g/mol. The zero-order valence-electron chi connectivity index (χ0n) is 10.2. The molecule has 1 heterocycles. The summed E-state index contributed by atoms with van der Waals surface area (Å²) < 4.78 is 7.48. The lowest BCUT2D eigenvalue weighted by Crippen LogP contribution is -2.10. The van der Waals surface area contributed by atoms with E-state index >= 15 is 0 Å². The Morgan fingerprint density at radius 3 is 2.89 bits per heavy atom. The number of aromatic nitrogens is 2. The van der Waals surface area contributed by atoms with Crippen molar-refractivity contribution >= 4 is 21.9 Å². The Labute approximate surface area is 114 Å². The summed E-state index contributed by atoms with van der Waals surface area (Å²) in [5.74, 6) is -0.353. The second-order valence-corrected chi connectivity index (χ2v) is 4.68. The molecule has 5 heteroatoms. The number of hydrogen-bond acceptors (Lipinski definition) is 3. The van der Waals surface area contributed by atoms with Crippen LogP contribution in [0, 0.1) is 0 Å². The lowest BCUT2D eigenvalue weighted by Gasteiger charge is -1.99. The van der Waals surface area contributed by atoms with Gasteiger partial charge in [-0.2, -0.15) is 5.10 Å². The number of esters is 1. The number of halogens is 1. The average molecular weight is 309 g/mol. The number of carbonyl (C=O) groups excluding carboxylic acids is 1. The van der Waals surface area contributed by atoms with Gasteiger partial charge in [0.15, 0.2) is 0 Å². The van der Waals surface area contributed by atoms with E-state index in [4.69, 9.17) is 4.74 Å². The molecule has 0 aliphatic carbocycles. The molecule has 0 unspecified atom stereocenters. The summed E-state index contributed by atoms with van der Waals surface area (Å²) in [6.45, 7) is 2.14. The Morgan fingerprint density at radius 1 is 1.44 bits per heavy atom. The van der Waals surface area contributed by atoms with Gasteiger partial charge in [0, 0.05) is 17.1 Å². The molecule has 2 aromatic rings. The van der Waals surface area contributed by atoms with E-state index in [1.54, 1.807) is 20.0 Å². The number of rotatable bonds is 3. The maximum Gasteiger partial charge on any atom is 0.356 e. The SMILES string of the molecule is CCOC(=O)c1cc(-c2cccc(Br)c2)nn1C. The van der Waals surface area contributed by atoms with Gasteiger partial charge in [0.25, 0.3) is 0 Å². The van der Waals surface area contributed by atoms with Crippen LogP contribution in [0.1, 0.15) is 17.4 Å². The first kappa shape index (κ1) is 12.8. The molecule has 1 aromatic carbocycles. The molecular formula is C13H13BrN2O2.